The molecule has 1 aliphatic carbocycles. The molecule has 0 aliphatic heterocycles. The predicted octanol–water partition coefficient (Wildman–Crippen LogP) is 3.13. The highest BCUT2D eigenvalue weighted by Gasteiger charge is 2.27. The Labute approximate surface area is 147 Å². The minimum absolute atomic E-state index is 0.0284. The van der Waals surface area contributed by atoms with E-state index in [1.807, 2.05) is 43.1 Å². The van der Waals surface area contributed by atoms with E-state index in [4.69, 9.17) is 4.74 Å². The summed E-state index contributed by atoms with van der Waals surface area (Å²) in [6.45, 7) is 2.41. The molecule has 0 unspecified atom stereocenters. The predicted molar refractivity (Wildman–Crippen MR) is 94.8 cm³/mol. The summed E-state index contributed by atoms with van der Waals surface area (Å²) in [4.78, 5) is 15.0. The van der Waals surface area contributed by atoms with Crippen LogP contribution >= 0.6 is 0 Å². The van der Waals surface area contributed by atoms with E-state index in [-0.39, 0.29) is 5.69 Å². The van der Waals surface area contributed by atoms with Gasteiger partial charge < -0.3 is 14.7 Å². The van der Waals surface area contributed by atoms with Crippen molar-refractivity contribution in [3.05, 3.63) is 30.0 Å². The largest absolute Gasteiger partial charge is 0.492 e. The van der Waals surface area contributed by atoms with Gasteiger partial charge in [-0.2, -0.15) is 0 Å². The van der Waals surface area contributed by atoms with Gasteiger partial charge >= 0.3 is 5.97 Å². The van der Waals surface area contributed by atoms with Gasteiger partial charge in [0.15, 0.2) is 5.82 Å². The molecule has 0 saturated heterocycles. The second-order valence-corrected chi connectivity index (χ2v) is 6.27. The quantitative estimate of drug-likeness (QED) is 0.867. The van der Waals surface area contributed by atoms with Crippen LogP contribution in [0.25, 0.3) is 5.69 Å². The zero-order chi connectivity index (χ0) is 17.8. The molecule has 0 atom stereocenters. The Bertz CT molecular complexity index is 738. The van der Waals surface area contributed by atoms with E-state index in [0.717, 1.165) is 12.8 Å². The number of benzene rings is 1. The molecule has 1 heterocycles. The van der Waals surface area contributed by atoms with Crippen LogP contribution in [0.3, 0.4) is 0 Å². The zero-order valence-electron chi connectivity index (χ0n) is 14.7. The fourth-order valence-corrected chi connectivity index (χ4v) is 3.32. The molecule has 3 rings (SSSR count). The average molecular weight is 344 g/mol. The van der Waals surface area contributed by atoms with Crippen LogP contribution in [0.5, 0.6) is 5.75 Å². The zero-order valence-corrected chi connectivity index (χ0v) is 14.7. The minimum Gasteiger partial charge on any atom is -0.492 e. The normalized spacial score (nSPS) is 15.1. The van der Waals surface area contributed by atoms with Crippen molar-refractivity contribution in [3.8, 4) is 11.4 Å². The molecule has 25 heavy (non-hydrogen) atoms. The number of nitrogens with zero attached hydrogens (tertiary/aromatic N) is 4. The molecular weight excluding hydrogens is 320 g/mol. The molecule has 0 bridgehead atoms. The molecule has 0 spiro atoms. The standard InChI is InChI=1S/C18H24N4O3/c1-3-25-15-12-8-7-11-14(15)22-19-16(18(23)24)17(20-22)21(2)13-9-5-4-6-10-13/h7-8,11-13H,3-6,9-10H2,1-2H3,(H,23,24). The van der Waals surface area contributed by atoms with Gasteiger partial charge in [-0.3, -0.25) is 0 Å². The average Bonchev–Trinajstić information content (AvgIpc) is 3.08. The first kappa shape index (κ1) is 17.3. The maximum atomic E-state index is 11.7. The summed E-state index contributed by atoms with van der Waals surface area (Å²) in [6, 6.07) is 7.67. The SMILES string of the molecule is CCOc1ccccc1-n1nc(C(=O)O)c(N(C)C2CCCCC2)n1. The van der Waals surface area contributed by atoms with Gasteiger partial charge in [0.1, 0.15) is 11.4 Å². The maximum absolute atomic E-state index is 11.7. The van der Waals surface area contributed by atoms with Crippen molar-refractivity contribution < 1.29 is 14.6 Å². The number of anilines is 1. The number of aromatic nitrogens is 3. The topological polar surface area (TPSA) is 80.5 Å². The smallest absolute Gasteiger partial charge is 0.360 e. The number of hydrogen-bond donors (Lipinski definition) is 1. The third-order valence-electron chi connectivity index (χ3n) is 4.64. The number of aromatic carboxylic acids is 1. The van der Waals surface area contributed by atoms with Crippen LogP contribution in [-0.2, 0) is 0 Å². The molecule has 0 amide bonds. The minimum atomic E-state index is -1.07. The van der Waals surface area contributed by atoms with E-state index in [0.29, 0.717) is 29.9 Å². The second kappa shape index (κ2) is 7.55. The Hall–Kier alpha value is -2.57. The second-order valence-electron chi connectivity index (χ2n) is 6.27. The molecule has 1 fully saturated rings. The van der Waals surface area contributed by atoms with Gasteiger partial charge in [-0.15, -0.1) is 15.0 Å². The number of carbonyl (C=O) groups is 1. The number of rotatable bonds is 6. The van der Waals surface area contributed by atoms with E-state index in [1.165, 1.54) is 24.1 Å². The van der Waals surface area contributed by atoms with Gasteiger partial charge in [0.05, 0.1) is 6.61 Å². The highest BCUT2D eigenvalue weighted by molar-refractivity contribution is 5.91. The molecule has 1 saturated carbocycles. The molecule has 2 aromatic rings. The number of ether oxygens (including phenoxy) is 1. The van der Waals surface area contributed by atoms with Crippen molar-refractivity contribution in [3.63, 3.8) is 0 Å². The fourth-order valence-electron chi connectivity index (χ4n) is 3.32. The van der Waals surface area contributed by atoms with Gasteiger partial charge in [0.2, 0.25) is 5.69 Å². The molecule has 1 aliphatic rings. The Morgan fingerprint density at radius 1 is 1.28 bits per heavy atom. The maximum Gasteiger partial charge on any atom is 0.360 e. The number of carboxylic acids is 1. The Kier molecular flexibility index (Phi) is 5.21. The first-order chi connectivity index (χ1) is 12.1. The van der Waals surface area contributed by atoms with E-state index in [2.05, 4.69) is 10.2 Å². The van der Waals surface area contributed by atoms with Gasteiger partial charge in [-0.1, -0.05) is 31.4 Å². The highest BCUT2D eigenvalue weighted by atomic mass is 16.5. The fraction of sp³-hybridized carbons (Fsp3) is 0.500. The summed E-state index contributed by atoms with van der Waals surface area (Å²) >= 11 is 0. The van der Waals surface area contributed by atoms with E-state index < -0.39 is 5.97 Å². The summed E-state index contributed by atoms with van der Waals surface area (Å²) in [7, 11) is 1.91. The van der Waals surface area contributed by atoms with Crippen molar-refractivity contribution >= 4 is 11.8 Å². The number of hydrogen-bond acceptors (Lipinski definition) is 5. The highest BCUT2D eigenvalue weighted by Crippen LogP contribution is 2.28. The summed E-state index contributed by atoms with van der Waals surface area (Å²) in [5.74, 6) is -0.0349. The molecule has 134 valence electrons. The first-order valence-electron chi connectivity index (χ1n) is 8.77. The van der Waals surface area contributed by atoms with Crippen LogP contribution in [0.2, 0.25) is 0 Å². The van der Waals surface area contributed by atoms with Crippen molar-refractivity contribution in [1.82, 2.24) is 15.0 Å². The van der Waals surface area contributed by atoms with Crippen molar-refractivity contribution in [2.45, 2.75) is 45.1 Å². The lowest BCUT2D eigenvalue weighted by molar-refractivity contribution is 0.0690. The molecule has 7 nitrogen and oxygen atoms in total. The van der Waals surface area contributed by atoms with Crippen LogP contribution in [-0.4, -0.2) is 45.8 Å². The van der Waals surface area contributed by atoms with Crippen molar-refractivity contribution in [2.75, 3.05) is 18.6 Å². The molecule has 7 heteroatoms. The van der Waals surface area contributed by atoms with Gasteiger partial charge in [0, 0.05) is 13.1 Å². The van der Waals surface area contributed by atoms with Crippen LogP contribution in [0, 0.1) is 0 Å². The van der Waals surface area contributed by atoms with Crippen molar-refractivity contribution in [2.24, 2.45) is 0 Å². The Morgan fingerprint density at radius 2 is 2.00 bits per heavy atom. The monoisotopic (exact) mass is 344 g/mol. The van der Waals surface area contributed by atoms with Gasteiger partial charge in [0.25, 0.3) is 0 Å². The first-order valence-corrected chi connectivity index (χ1v) is 8.77. The summed E-state index contributed by atoms with van der Waals surface area (Å²) < 4.78 is 5.62. The molecule has 1 aromatic carbocycles. The van der Waals surface area contributed by atoms with Crippen molar-refractivity contribution in [1.29, 1.82) is 0 Å². The van der Waals surface area contributed by atoms with Gasteiger partial charge in [-0.05, 0) is 31.9 Å². The summed E-state index contributed by atoms with van der Waals surface area (Å²) in [5, 5.41) is 18.3. The van der Waals surface area contributed by atoms with E-state index in [1.54, 1.807) is 0 Å². The van der Waals surface area contributed by atoms with Crippen LogP contribution in [0.15, 0.2) is 24.3 Å². The number of para-hydroxylation sites is 2. The number of carboxylic acid groups (broad SMARTS) is 1. The molecule has 1 N–H and O–H groups in total. The lowest BCUT2D eigenvalue weighted by Crippen LogP contribution is -2.34. The summed E-state index contributed by atoms with van der Waals surface area (Å²) in [6.07, 6.45) is 5.68. The van der Waals surface area contributed by atoms with Gasteiger partial charge in [-0.25, -0.2) is 4.79 Å². The molecule has 1 aromatic heterocycles. The van der Waals surface area contributed by atoms with E-state index in [9.17, 15) is 9.90 Å². The third-order valence-corrected chi connectivity index (χ3v) is 4.64. The van der Waals surface area contributed by atoms with Crippen LogP contribution in [0.4, 0.5) is 5.82 Å². The summed E-state index contributed by atoms with van der Waals surface area (Å²) in [5.41, 5.74) is 0.606. The lowest BCUT2D eigenvalue weighted by atomic mass is 9.94. The third kappa shape index (κ3) is 3.60. The van der Waals surface area contributed by atoms with E-state index >= 15 is 0 Å². The molecular formula is C18H24N4O3. The Morgan fingerprint density at radius 3 is 2.68 bits per heavy atom. The lowest BCUT2D eigenvalue weighted by Gasteiger charge is -2.31. The van der Waals surface area contributed by atoms with Crippen LogP contribution in [0.1, 0.15) is 49.5 Å². The van der Waals surface area contributed by atoms with Crippen LogP contribution < -0.4 is 9.64 Å². The Balaban J connectivity index is 1.99. The molecule has 0 radical (unpaired) electrons.